The molecule has 11 rings (SSSR count). The van der Waals surface area contributed by atoms with E-state index in [9.17, 15) is 0 Å². The summed E-state index contributed by atoms with van der Waals surface area (Å²) in [5.41, 5.74) is 26.7. The molecule has 3 N–H and O–H groups in total. The largest absolute Gasteiger partial charge is 0.398 e. The Morgan fingerprint density at radius 3 is 1.87 bits per heavy atom. The predicted molar refractivity (Wildman–Crippen MR) is 258 cm³/mol. The van der Waals surface area contributed by atoms with E-state index in [-0.39, 0.29) is 0 Å². The van der Waals surface area contributed by atoms with Crippen molar-refractivity contribution in [2.45, 2.75) is 12.0 Å². The molecule has 0 bridgehead atoms. The minimum Gasteiger partial charge on any atom is -0.398 e. The lowest BCUT2D eigenvalue weighted by molar-refractivity contribution is 0.659. The lowest BCUT2D eigenvalue weighted by Crippen LogP contribution is -2.41. The van der Waals surface area contributed by atoms with Gasteiger partial charge in [0.15, 0.2) is 0 Å². The van der Waals surface area contributed by atoms with Gasteiger partial charge in [-0.3, -0.25) is 4.99 Å². The second-order valence-electron chi connectivity index (χ2n) is 16.1. The molecule has 3 aliphatic rings. The van der Waals surface area contributed by atoms with E-state index in [1.807, 2.05) is 42.5 Å². The molecule has 296 valence electrons. The van der Waals surface area contributed by atoms with Crippen molar-refractivity contribution in [2.24, 2.45) is 10.7 Å². The van der Waals surface area contributed by atoms with E-state index < -0.39 is 5.41 Å². The second kappa shape index (κ2) is 15.6. The Morgan fingerprint density at radius 1 is 0.565 bits per heavy atom. The zero-order valence-corrected chi connectivity index (χ0v) is 34.2. The third-order valence-electron chi connectivity index (χ3n) is 12.5. The van der Waals surface area contributed by atoms with Crippen molar-refractivity contribution in [3.63, 3.8) is 0 Å². The van der Waals surface area contributed by atoms with Gasteiger partial charge in [0.05, 0.1) is 29.0 Å². The van der Waals surface area contributed by atoms with Gasteiger partial charge in [0.2, 0.25) is 0 Å². The monoisotopic (exact) mass is 796 g/mol. The molecular weight excluding hydrogens is 753 g/mol. The normalized spacial score (nSPS) is 14.8. The van der Waals surface area contributed by atoms with E-state index in [0.29, 0.717) is 12.2 Å². The van der Waals surface area contributed by atoms with E-state index in [0.717, 1.165) is 45.8 Å². The molecule has 4 heteroatoms. The first-order chi connectivity index (χ1) is 30.7. The Kier molecular flexibility index (Phi) is 9.32. The van der Waals surface area contributed by atoms with Gasteiger partial charge in [0, 0.05) is 29.2 Å². The number of nitrogens with zero attached hydrogens (tertiary/aromatic N) is 2. The van der Waals surface area contributed by atoms with E-state index in [4.69, 9.17) is 10.7 Å². The molecule has 0 saturated carbocycles. The highest BCUT2D eigenvalue weighted by molar-refractivity contribution is 6.12. The molecule has 8 aromatic rings. The van der Waals surface area contributed by atoms with Gasteiger partial charge >= 0.3 is 0 Å². The van der Waals surface area contributed by atoms with Crippen LogP contribution in [0.25, 0.3) is 33.5 Å². The number of anilines is 3. The van der Waals surface area contributed by atoms with Crippen LogP contribution in [0, 0.1) is 0 Å². The molecule has 0 atom stereocenters. The molecule has 8 aromatic carbocycles. The molecule has 1 spiro atoms. The molecule has 0 radical (unpaired) electrons. The molecule has 62 heavy (non-hydrogen) atoms. The van der Waals surface area contributed by atoms with Crippen molar-refractivity contribution in [3.05, 3.63) is 269 Å². The van der Waals surface area contributed by atoms with Crippen LogP contribution in [0.3, 0.4) is 0 Å². The van der Waals surface area contributed by atoms with Gasteiger partial charge in [-0.1, -0.05) is 182 Å². The Morgan fingerprint density at radius 2 is 1.16 bits per heavy atom. The number of fused-ring (bicyclic) bond motifs is 8. The lowest BCUT2D eigenvalue weighted by atomic mass is 9.65. The fourth-order valence-corrected chi connectivity index (χ4v) is 9.69. The third kappa shape index (κ3) is 6.27. The lowest BCUT2D eigenvalue weighted by Gasteiger charge is -2.46. The number of hydrogen-bond donors (Lipinski definition) is 2. The zero-order valence-electron chi connectivity index (χ0n) is 34.2. The average Bonchev–Trinajstić information content (AvgIpc) is 3.64. The topological polar surface area (TPSA) is 53.6 Å². The third-order valence-corrected chi connectivity index (χ3v) is 12.5. The molecular formula is C58H44N4. The Hall–Kier alpha value is -7.95. The summed E-state index contributed by atoms with van der Waals surface area (Å²) in [4.78, 5) is 7.42. The zero-order chi connectivity index (χ0) is 41.5. The maximum atomic E-state index is 6.80. The van der Waals surface area contributed by atoms with Gasteiger partial charge in [-0.25, -0.2) is 0 Å². The number of hydrogen-bond acceptors (Lipinski definition) is 4. The molecule has 2 heterocycles. The fourth-order valence-electron chi connectivity index (χ4n) is 9.69. The minimum atomic E-state index is -0.530. The summed E-state index contributed by atoms with van der Waals surface area (Å²) in [6, 6.07) is 73.8. The Labute approximate surface area is 363 Å². The van der Waals surface area contributed by atoms with Gasteiger partial charge in [0.25, 0.3) is 0 Å². The average molecular weight is 797 g/mol. The molecule has 0 unspecified atom stereocenters. The molecule has 1 aliphatic carbocycles. The molecule has 2 aliphatic heterocycles. The highest BCUT2D eigenvalue weighted by atomic mass is 15.2. The number of dihydropyridines is 1. The van der Waals surface area contributed by atoms with Crippen LogP contribution in [0.4, 0.5) is 17.1 Å². The maximum absolute atomic E-state index is 6.80. The first-order valence-corrected chi connectivity index (χ1v) is 21.3. The molecule has 0 fully saturated rings. The second-order valence-corrected chi connectivity index (χ2v) is 16.1. The highest BCUT2D eigenvalue weighted by Gasteiger charge is 2.53. The number of nitrogens with one attached hydrogen (secondary N) is 1. The summed E-state index contributed by atoms with van der Waals surface area (Å²) < 4.78 is 0. The van der Waals surface area contributed by atoms with Gasteiger partial charge in [-0.15, -0.1) is 0 Å². The number of benzene rings is 8. The van der Waals surface area contributed by atoms with Gasteiger partial charge in [-0.05, 0) is 104 Å². The summed E-state index contributed by atoms with van der Waals surface area (Å²) in [7, 11) is 0. The van der Waals surface area contributed by atoms with Crippen molar-refractivity contribution in [1.29, 1.82) is 0 Å². The van der Waals surface area contributed by atoms with Gasteiger partial charge < -0.3 is 16.0 Å². The predicted octanol–water partition coefficient (Wildman–Crippen LogP) is 13.0. The number of aliphatic imine (C=N–C) groups is 1. The molecule has 4 nitrogen and oxygen atoms in total. The van der Waals surface area contributed by atoms with Crippen LogP contribution in [0.15, 0.2) is 235 Å². The van der Waals surface area contributed by atoms with E-state index in [1.165, 1.54) is 56.0 Å². The Balaban J connectivity index is 0.965. The minimum absolute atomic E-state index is 0.530. The number of nitrogens with two attached hydrogens (primary N) is 1. The van der Waals surface area contributed by atoms with E-state index in [1.54, 1.807) is 0 Å². The van der Waals surface area contributed by atoms with E-state index >= 15 is 0 Å². The van der Waals surface area contributed by atoms with Crippen LogP contribution < -0.4 is 16.0 Å². The van der Waals surface area contributed by atoms with Crippen molar-refractivity contribution >= 4 is 34.0 Å². The van der Waals surface area contributed by atoms with Crippen molar-refractivity contribution in [3.8, 4) is 22.3 Å². The first-order valence-electron chi connectivity index (χ1n) is 21.3. The summed E-state index contributed by atoms with van der Waals surface area (Å²) in [5, 5.41) is 3.91. The fraction of sp³-hybridized carbons (Fsp3) is 0.0517. The SMILES string of the molecule is N/C(=C\C(=N/Cc1ccccc1)c1ccccc1)c1ccc(-c2cccc(-c3ccc4c(c3)C3(C5=C4C=CCN5)c4ccccc4N(c4ccccc4)c4ccccc43)c2)cc1. The van der Waals surface area contributed by atoms with E-state index in [2.05, 4.69) is 192 Å². The smallest absolute Gasteiger partial charge is 0.0901 e. The van der Waals surface area contributed by atoms with Crippen LogP contribution >= 0.6 is 0 Å². The summed E-state index contributed by atoms with van der Waals surface area (Å²) in [6.07, 6.45) is 6.56. The Bertz CT molecular complexity index is 3040. The number of rotatable bonds is 8. The van der Waals surface area contributed by atoms with Crippen molar-refractivity contribution in [1.82, 2.24) is 5.32 Å². The van der Waals surface area contributed by atoms with Gasteiger partial charge in [0.1, 0.15) is 0 Å². The number of para-hydroxylation sites is 3. The maximum Gasteiger partial charge on any atom is 0.0901 e. The van der Waals surface area contributed by atoms with Crippen LogP contribution in [-0.4, -0.2) is 12.3 Å². The summed E-state index contributed by atoms with van der Waals surface area (Å²) in [6.45, 7) is 1.36. The van der Waals surface area contributed by atoms with Crippen LogP contribution in [0.5, 0.6) is 0 Å². The standard InChI is InChI=1S/C58H44N4/c59-53(38-54(43-18-6-2-7-19-43)61-39-40-16-4-1-5-17-40)42-31-29-41(30-32-42)44-20-14-21-45(36-44)46-33-34-48-49-24-15-35-60-57(49)58(52(48)37-46)50-25-10-12-27-55(50)62(47-22-8-3-9-23-47)56-28-13-11-26-51(56)58/h1-34,36-38,60H,35,39,59H2/b53-38-,61-54+. The highest BCUT2D eigenvalue weighted by Crippen LogP contribution is 2.62. The van der Waals surface area contributed by atoms with Crippen molar-refractivity contribution < 1.29 is 0 Å². The van der Waals surface area contributed by atoms with Crippen LogP contribution in [0.1, 0.15) is 38.9 Å². The van der Waals surface area contributed by atoms with Crippen molar-refractivity contribution in [2.75, 3.05) is 11.4 Å². The molecule has 0 amide bonds. The number of allylic oxidation sites excluding steroid dienone is 4. The molecule has 0 saturated heterocycles. The molecule has 0 aromatic heterocycles. The van der Waals surface area contributed by atoms with Crippen LogP contribution in [-0.2, 0) is 12.0 Å². The summed E-state index contributed by atoms with van der Waals surface area (Å²) in [5.74, 6) is 0. The first kappa shape index (κ1) is 37.1. The van der Waals surface area contributed by atoms with Crippen LogP contribution in [0.2, 0.25) is 0 Å². The van der Waals surface area contributed by atoms with Gasteiger partial charge in [-0.2, -0.15) is 0 Å². The quantitative estimate of drug-likeness (QED) is 0.151. The summed E-state index contributed by atoms with van der Waals surface area (Å²) >= 11 is 0.